The molecule has 0 heterocycles. The van der Waals surface area contributed by atoms with Crippen molar-refractivity contribution in [3.8, 4) is 0 Å². The van der Waals surface area contributed by atoms with Crippen LogP contribution >= 0.6 is 11.6 Å². The van der Waals surface area contributed by atoms with Gasteiger partial charge in [-0.3, -0.25) is 4.79 Å². The Morgan fingerprint density at radius 2 is 1.75 bits per heavy atom. The number of aliphatic hydroxyl groups is 1. The summed E-state index contributed by atoms with van der Waals surface area (Å²) >= 11 is 5.56. The lowest BCUT2D eigenvalue weighted by molar-refractivity contribution is -0.268. The normalized spacial score (nSPS) is 14.3. The van der Waals surface area contributed by atoms with E-state index < -0.39 is 23.8 Å². The molecule has 0 spiro atoms. The van der Waals surface area contributed by atoms with Crippen LogP contribution in [-0.4, -0.2) is 36.0 Å². The second-order valence-electron chi connectivity index (χ2n) is 3.66. The molecule has 0 aliphatic rings. The predicted octanol–water partition coefficient (Wildman–Crippen LogP) is 1.49. The SMILES string of the molecule is COC(=O)[C@](O)(NC(=O)c1ccc(Cl)cc1)C(F)(F)F. The van der Waals surface area contributed by atoms with Gasteiger partial charge in [-0.2, -0.15) is 13.2 Å². The molecule has 1 rings (SSSR count). The third-order valence-corrected chi connectivity index (χ3v) is 2.54. The van der Waals surface area contributed by atoms with E-state index in [0.717, 1.165) is 12.1 Å². The van der Waals surface area contributed by atoms with Gasteiger partial charge >= 0.3 is 17.9 Å². The van der Waals surface area contributed by atoms with Gasteiger partial charge in [0.05, 0.1) is 7.11 Å². The summed E-state index contributed by atoms with van der Waals surface area (Å²) in [6.07, 6.45) is -5.44. The van der Waals surface area contributed by atoms with Crippen LogP contribution in [0, 0.1) is 0 Å². The first kappa shape index (κ1) is 16.3. The van der Waals surface area contributed by atoms with E-state index in [0.29, 0.717) is 7.11 Å². The van der Waals surface area contributed by atoms with Crippen molar-refractivity contribution in [2.45, 2.75) is 11.9 Å². The molecule has 110 valence electrons. The molecule has 2 N–H and O–H groups in total. The van der Waals surface area contributed by atoms with Crippen LogP contribution in [-0.2, 0) is 9.53 Å². The summed E-state index contributed by atoms with van der Waals surface area (Å²) in [5.41, 5.74) is -4.35. The van der Waals surface area contributed by atoms with Gasteiger partial charge in [-0.1, -0.05) is 11.6 Å². The Morgan fingerprint density at radius 1 is 1.25 bits per heavy atom. The Hall–Kier alpha value is -1.80. The first-order chi connectivity index (χ1) is 9.11. The van der Waals surface area contributed by atoms with Crippen molar-refractivity contribution < 1.29 is 32.6 Å². The number of amides is 1. The first-order valence-electron chi connectivity index (χ1n) is 5.07. The van der Waals surface area contributed by atoms with E-state index in [1.165, 1.54) is 17.4 Å². The smallest absolute Gasteiger partial charge is 0.448 e. The zero-order chi connectivity index (χ0) is 15.6. The van der Waals surface area contributed by atoms with E-state index in [1.54, 1.807) is 0 Å². The summed E-state index contributed by atoms with van der Waals surface area (Å²) in [7, 11) is 0.646. The second kappa shape index (κ2) is 5.68. The highest BCUT2D eigenvalue weighted by atomic mass is 35.5. The fraction of sp³-hybridized carbons (Fsp3) is 0.273. The third-order valence-electron chi connectivity index (χ3n) is 2.29. The summed E-state index contributed by atoms with van der Waals surface area (Å²) in [5, 5.41) is 10.8. The third kappa shape index (κ3) is 3.20. The van der Waals surface area contributed by atoms with Crippen LogP contribution in [0.15, 0.2) is 24.3 Å². The van der Waals surface area contributed by atoms with Crippen molar-refractivity contribution in [1.29, 1.82) is 0 Å². The lowest BCUT2D eigenvalue weighted by Gasteiger charge is -2.28. The van der Waals surface area contributed by atoms with Crippen molar-refractivity contribution >= 4 is 23.5 Å². The van der Waals surface area contributed by atoms with Crippen LogP contribution in [0.5, 0.6) is 0 Å². The Bertz CT molecular complexity index is 517. The van der Waals surface area contributed by atoms with Crippen LogP contribution in [0.2, 0.25) is 5.02 Å². The number of carbonyl (C=O) groups is 2. The average molecular weight is 312 g/mol. The van der Waals surface area contributed by atoms with Gasteiger partial charge in [0.1, 0.15) is 0 Å². The summed E-state index contributed by atoms with van der Waals surface area (Å²) in [6, 6.07) is 4.79. The molecular formula is C11H9ClF3NO4. The van der Waals surface area contributed by atoms with Crippen LogP contribution in [0.25, 0.3) is 0 Å². The van der Waals surface area contributed by atoms with Crippen LogP contribution in [0.3, 0.4) is 0 Å². The molecule has 0 saturated carbocycles. The van der Waals surface area contributed by atoms with Crippen LogP contribution in [0.4, 0.5) is 13.2 Å². The number of ether oxygens (including phenoxy) is 1. The molecule has 0 radical (unpaired) electrons. The highest BCUT2D eigenvalue weighted by molar-refractivity contribution is 6.30. The van der Waals surface area contributed by atoms with Gasteiger partial charge in [-0.15, -0.1) is 0 Å². The molecule has 0 bridgehead atoms. The number of esters is 1. The fourth-order valence-electron chi connectivity index (χ4n) is 1.22. The standard InChI is InChI=1S/C11H9ClF3NO4/c1-20-9(18)10(19,11(13,14)15)16-8(17)6-2-4-7(12)5-3-6/h2-5,19H,1H3,(H,16,17)/t10-/m1/s1. The molecule has 0 aliphatic heterocycles. The van der Waals surface area contributed by atoms with Gasteiger partial charge in [0, 0.05) is 10.6 Å². The van der Waals surface area contributed by atoms with Crippen molar-refractivity contribution in [1.82, 2.24) is 5.32 Å². The van der Waals surface area contributed by atoms with Crippen molar-refractivity contribution in [3.05, 3.63) is 34.9 Å². The van der Waals surface area contributed by atoms with E-state index in [9.17, 15) is 27.9 Å². The van der Waals surface area contributed by atoms with E-state index in [-0.39, 0.29) is 10.6 Å². The minimum absolute atomic E-state index is 0.221. The van der Waals surface area contributed by atoms with Crippen LogP contribution < -0.4 is 5.32 Å². The maximum atomic E-state index is 12.7. The quantitative estimate of drug-likeness (QED) is 0.655. The van der Waals surface area contributed by atoms with Gasteiger partial charge in [0.15, 0.2) is 0 Å². The van der Waals surface area contributed by atoms with Gasteiger partial charge in [0.2, 0.25) is 0 Å². The number of halogens is 4. The zero-order valence-corrected chi connectivity index (χ0v) is 10.7. The lowest BCUT2D eigenvalue weighted by atomic mass is 10.1. The minimum atomic E-state index is -5.44. The monoisotopic (exact) mass is 311 g/mol. The van der Waals surface area contributed by atoms with Gasteiger partial charge < -0.3 is 15.2 Å². The Kier molecular flexibility index (Phi) is 4.61. The van der Waals surface area contributed by atoms with Gasteiger partial charge in [-0.05, 0) is 24.3 Å². The zero-order valence-electron chi connectivity index (χ0n) is 9.99. The highest BCUT2D eigenvalue weighted by Crippen LogP contribution is 2.29. The number of nitrogens with one attached hydrogen (secondary N) is 1. The molecule has 0 unspecified atom stereocenters. The maximum Gasteiger partial charge on any atom is 0.448 e. The number of hydrogen-bond acceptors (Lipinski definition) is 4. The van der Waals surface area contributed by atoms with Gasteiger partial charge in [0.25, 0.3) is 5.91 Å². The van der Waals surface area contributed by atoms with E-state index in [1.807, 2.05) is 0 Å². The summed E-state index contributed by atoms with van der Waals surface area (Å²) in [6.45, 7) is 0. The van der Waals surface area contributed by atoms with Crippen molar-refractivity contribution in [2.75, 3.05) is 7.11 Å². The molecule has 0 aliphatic carbocycles. The summed E-state index contributed by atoms with van der Waals surface area (Å²) in [5.74, 6) is -3.36. The molecule has 20 heavy (non-hydrogen) atoms. The number of rotatable bonds is 3. The van der Waals surface area contributed by atoms with E-state index in [2.05, 4.69) is 4.74 Å². The molecule has 0 fully saturated rings. The number of hydrogen-bond donors (Lipinski definition) is 2. The van der Waals surface area contributed by atoms with E-state index >= 15 is 0 Å². The molecule has 5 nitrogen and oxygen atoms in total. The van der Waals surface area contributed by atoms with Gasteiger partial charge in [-0.25, -0.2) is 4.79 Å². The molecule has 1 atom stereocenters. The summed E-state index contributed by atoms with van der Waals surface area (Å²) < 4.78 is 41.9. The molecule has 1 aromatic carbocycles. The minimum Gasteiger partial charge on any atom is -0.465 e. The fourth-order valence-corrected chi connectivity index (χ4v) is 1.35. The predicted molar refractivity (Wildman–Crippen MR) is 61.9 cm³/mol. The molecule has 1 aromatic rings. The Balaban J connectivity index is 3.05. The Labute approximate surface area is 116 Å². The van der Waals surface area contributed by atoms with Crippen molar-refractivity contribution in [2.24, 2.45) is 0 Å². The highest BCUT2D eigenvalue weighted by Gasteiger charge is 2.62. The number of alkyl halides is 3. The average Bonchev–Trinajstić information content (AvgIpc) is 2.36. The second-order valence-corrected chi connectivity index (χ2v) is 4.10. The topological polar surface area (TPSA) is 75.6 Å². The van der Waals surface area contributed by atoms with Crippen LogP contribution in [0.1, 0.15) is 10.4 Å². The number of carbonyl (C=O) groups excluding carboxylic acids is 2. The molecule has 0 aromatic heterocycles. The molecule has 1 amide bonds. The molecule has 0 saturated heterocycles. The van der Waals surface area contributed by atoms with E-state index in [4.69, 9.17) is 11.6 Å². The Morgan fingerprint density at radius 3 is 2.15 bits per heavy atom. The molecular weight excluding hydrogens is 303 g/mol. The number of methoxy groups -OCH3 is 1. The van der Waals surface area contributed by atoms with Crippen molar-refractivity contribution in [3.63, 3.8) is 0 Å². The maximum absolute atomic E-state index is 12.7. The summed E-state index contributed by atoms with van der Waals surface area (Å²) in [4.78, 5) is 22.7. The lowest BCUT2D eigenvalue weighted by Crippen LogP contribution is -2.64. The largest absolute Gasteiger partial charge is 0.465 e. The first-order valence-corrected chi connectivity index (χ1v) is 5.45. The number of benzene rings is 1. The molecule has 9 heteroatoms.